The van der Waals surface area contributed by atoms with E-state index in [2.05, 4.69) is 0 Å². The Bertz CT molecular complexity index is 913. The number of esters is 1. The van der Waals surface area contributed by atoms with Crippen molar-refractivity contribution >= 4 is 11.8 Å². The first kappa shape index (κ1) is 24.1. The third-order valence-electron chi connectivity index (χ3n) is 4.36. The number of Topliss-reactive ketones (excluding diaryl/α,β-unsaturated/α-hetero) is 1. The highest BCUT2D eigenvalue weighted by molar-refractivity contribution is 5.96. The molecule has 0 aliphatic heterocycles. The minimum Gasteiger partial charge on any atom is -0.496 e. The number of carbonyl (C=O) groups is 2. The summed E-state index contributed by atoms with van der Waals surface area (Å²) >= 11 is 0. The van der Waals surface area contributed by atoms with Crippen LogP contribution in [0.5, 0.6) is 23.0 Å². The number of methoxy groups -OCH3 is 3. The second-order valence-electron chi connectivity index (χ2n) is 7.81. The summed E-state index contributed by atoms with van der Waals surface area (Å²) in [6.45, 7) is 5.14. The molecule has 0 spiro atoms. The molecular weight excluding hydrogens is 400 g/mol. The summed E-state index contributed by atoms with van der Waals surface area (Å²) in [5.74, 6) is 1.62. The Kier molecular flexibility index (Phi) is 8.30. The quantitative estimate of drug-likeness (QED) is 0.412. The van der Waals surface area contributed by atoms with E-state index in [0.717, 1.165) is 5.56 Å². The predicted molar refractivity (Wildman–Crippen MR) is 117 cm³/mol. The van der Waals surface area contributed by atoms with Crippen LogP contribution in [0.2, 0.25) is 0 Å². The number of ketones is 1. The fraction of sp³-hybridized carbons (Fsp3) is 0.417. The molecule has 0 atom stereocenters. The average Bonchev–Trinajstić information content (AvgIpc) is 2.74. The van der Waals surface area contributed by atoms with Gasteiger partial charge in [0.2, 0.25) is 0 Å². The number of carbonyl (C=O) groups excluding carboxylic acids is 2. The van der Waals surface area contributed by atoms with E-state index in [-0.39, 0.29) is 18.8 Å². The number of rotatable bonds is 10. The first-order valence-corrected chi connectivity index (χ1v) is 9.94. The van der Waals surface area contributed by atoms with Gasteiger partial charge in [-0.1, -0.05) is 12.1 Å². The molecular formula is C24H30O7. The Morgan fingerprint density at radius 2 is 1.58 bits per heavy atom. The minimum absolute atomic E-state index is 0.0744. The molecule has 0 radical (unpaired) electrons. The van der Waals surface area contributed by atoms with Gasteiger partial charge in [-0.3, -0.25) is 4.79 Å². The monoisotopic (exact) mass is 430 g/mol. The van der Waals surface area contributed by atoms with Gasteiger partial charge < -0.3 is 23.7 Å². The molecule has 0 aliphatic carbocycles. The van der Waals surface area contributed by atoms with Gasteiger partial charge in [0.15, 0.2) is 23.9 Å². The Morgan fingerprint density at radius 3 is 2.19 bits per heavy atom. The lowest BCUT2D eigenvalue weighted by Crippen LogP contribution is -2.27. The third-order valence-corrected chi connectivity index (χ3v) is 4.36. The SMILES string of the molecule is COc1ccc(OC)c(OC)c1CCC(=O)c1cccc(OCC(=O)OC(C)(C)C)c1. The van der Waals surface area contributed by atoms with E-state index in [0.29, 0.717) is 35.0 Å². The first-order valence-electron chi connectivity index (χ1n) is 9.94. The second kappa shape index (κ2) is 10.7. The maximum atomic E-state index is 12.8. The maximum absolute atomic E-state index is 12.8. The lowest BCUT2D eigenvalue weighted by molar-refractivity contribution is -0.157. The van der Waals surface area contributed by atoms with E-state index >= 15 is 0 Å². The van der Waals surface area contributed by atoms with E-state index < -0.39 is 11.6 Å². The van der Waals surface area contributed by atoms with E-state index in [1.54, 1.807) is 78.5 Å². The van der Waals surface area contributed by atoms with E-state index in [9.17, 15) is 9.59 Å². The van der Waals surface area contributed by atoms with Gasteiger partial charge in [0.05, 0.1) is 21.3 Å². The molecule has 0 saturated heterocycles. The van der Waals surface area contributed by atoms with Crippen LogP contribution < -0.4 is 18.9 Å². The van der Waals surface area contributed by atoms with Gasteiger partial charge in [0.25, 0.3) is 0 Å². The summed E-state index contributed by atoms with van der Waals surface area (Å²) in [4.78, 5) is 24.6. The molecule has 7 heteroatoms. The fourth-order valence-corrected chi connectivity index (χ4v) is 3.06. The van der Waals surface area contributed by atoms with Crippen molar-refractivity contribution in [1.29, 1.82) is 0 Å². The molecule has 7 nitrogen and oxygen atoms in total. The predicted octanol–water partition coefficient (Wildman–Crippen LogP) is 4.25. The second-order valence-corrected chi connectivity index (χ2v) is 7.81. The summed E-state index contributed by atoms with van der Waals surface area (Å²) in [5, 5.41) is 0. The highest BCUT2D eigenvalue weighted by Crippen LogP contribution is 2.38. The lowest BCUT2D eigenvalue weighted by Gasteiger charge is -2.19. The molecule has 0 aliphatic rings. The Balaban J connectivity index is 2.07. The molecule has 2 aromatic rings. The Hall–Kier alpha value is -3.22. The summed E-state index contributed by atoms with van der Waals surface area (Å²) in [5.41, 5.74) is 0.665. The minimum atomic E-state index is -0.583. The molecule has 168 valence electrons. The van der Waals surface area contributed by atoms with Crippen LogP contribution in [0.15, 0.2) is 36.4 Å². The number of hydrogen-bond acceptors (Lipinski definition) is 7. The molecule has 0 saturated carbocycles. The topological polar surface area (TPSA) is 80.3 Å². The van der Waals surface area contributed by atoms with Crippen LogP contribution >= 0.6 is 0 Å². The average molecular weight is 430 g/mol. The Labute approximate surface area is 183 Å². The summed E-state index contributed by atoms with van der Waals surface area (Å²) in [7, 11) is 4.67. The van der Waals surface area contributed by atoms with Gasteiger partial charge in [-0.05, 0) is 51.5 Å². The smallest absolute Gasteiger partial charge is 0.344 e. The van der Waals surface area contributed by atoms with Crippen molar-refractivity contribution in [3.63, 3.8) is 0 Å². The highest BCUT2D eigenvalue weighted by atomic mass is 16.6. The molecule has 0 aromatic heterocycles. The van der Waals surface area contributed by atoms with Crippen LogP contribution in [0.4, 0.5) is 0 Å². The first-order chi connectivity index (χ1) is 14.7. The largest absolute Gasteiger partial charge is 0.496 e. The van der Waals surface area contributed by atoms with Crippen molar-refractivity contribution in [1.82, 2.24) is 0 Å². The lowest BCUT2D eigenvalue weighted by atomic mass is 10.0. The van der Waals surface area contributed by atoms with Crippen LogP contribution in [0.3, 0.4) is 0 Å². The summed E-state index contributed by atoms with van der Waals surface area (Å²) in [6, 6.07) is 10.3. The van der Waals surface area contributed by atoms with Crippen molar-refractivity contribution < 1.29 is 33.3 Å². The van der Waals surface area contributed by atoms with Crippen LogP contribution in [-0.2, 0) is 16.0 Å². The fourth-order valence-electron chi connectivity index (χ4n) is 3.06. The molecule has 0 N–H and O–H groups in total. The summed E-state index contributed by atoms with van der Waals surface area (Å²) in [6.07, 6.45) is 0.640. The van der Waals surface area contributed by atoms with Crippen molar-refractivity contribution in [2.45, 2.75) is 39.2 Å². The van der Waals surface area contributed by atoms with Gasteiger partial charge in [0.1, 0.15) is 17.1 Å². The van der Waals surface area contributed by atoms with E-state index in [1.807, 2.05) is 0 Å². The number of hydrogen-bond donors (Lipinski definition) is 0. The zero-order valence-electron chi connectivity index (χ0n) is 18.9. The molecule has 0 heterocycles. The molecule has 2 rings (SSSR count). The van der Waals surface area contributed by atoms with Crippen LogP contribution in [-0.4, -0.2) is 45.3 Å². The van der Waals surface area contributed by atoms with Gasteiger partial charge in [-0.15, -0.1) is 0 Å². The standard InChI is InChI=1S/C24H30O7/c1-24(2,3)31-22(26)15-30-17-9-7-8-16(14-17)19(25)11-10-18-20(27-4)12-13-21(28-5)23(18)29-6/h7-9,12-14H,10-11,15H2,1-6H3. The normalized spacial score (nSPS) is 10.9. The molecule has 31 heavy (non-hydrogen) atoms. The zero-order valence-corrected chi connectivity index (χ0v) is 18.9. The Morgan fingerprint density at radius 1 is 0.903 bits per heavy atom. The molecule has 0 bridgehead atoms. The third kappa shape index (κ3) is 6.91. The van der Waals surface area contributed by atoms with Crippen molar-refractivity contribution in [2.75, 3.05) is 27.9 Å². The van der Waals surface area contributed by atoms with E-state index in [4.69, 9.17) is 23.7 Å². The van der Waals surface area contributed by atoms with Gasteiger partial charge >= 0.3 is 5.97 Å². The van der Waals surface area contributed by atoms with Crippen LogP contribution in [0, 0.1) is 0 Å². The van der Waals surface area contributed by atoms with Crippen molar-refractivity contribution in [3.05, 3.63) is 47.5 Å². The van der Waals surface area contributed by atoms with Crippen LogP contribution in [0.1, 0.15) is 43.1 Å². The molecule has 0 fully saturated rings. The van der Waals surface area contributed by atoms with E-state index in [1.165, 1.54) is 0 Å². The zero-order chi connectivity index (χ0) is 23.0. The number of benzene rings is 2. The molecule has 2 aromatic carbocycles. The van der Waals surface area contributed by atoms with Crippen LogP contribution in [0.25, 0.3) is 0 Å². The van der Waals surface area contributed by atoms with Crippen molar-refractivity contribution in [2.24, 2.45) is 0 Å². The summed E-state index contributed by atoms with van der Waals surface area (Å²) < 4.78 is 26.9. The molecule has 0 unspecified atom stereocenters. The van der Waals surface area contributed by atoms with Gasteiger partial charge in [-0.25, -0.2) is 4.79 Å². The highest BCUT2D eigenvalue weighted by Gasteiger charge is 2.19. The number of ether oxygens (including phenoxy) is 5. The maximum Gasteiger partial charge on any atom is 0.344 e. The van der Waals surface area contributed by atoms with Gasteiger partial charge in [-0.2, -0.15) is 0 Å². The molecule has 0 amide bonds. The van der Waals surface area contributed by atoms with Crippen molar-refractivity contribution in [3.8, 4) is 23.0 Å². The van der Waals surface area contributed by atoms with Gasteiger partial charge in [0, 0.05) is 17.5 Å².